The zero-order chi connectivity index (χ0) is 15.2. The third-order valence-electron chi connectivity index (χ3n) is 3.10. The van der Waals surface area contributed by atoms with Crippen molar-refractivity contribution in [2.24, 2.45) is 4.99 Å². The lowest BCUT2D eigenvalue weighted by Crippen LogP contribution is -2.25. The number of hydrogen-bond acceptors (Lipinski definition) is 4. The molecule has 1 fully saturated rings. The molecule has 1 aliphatic heterocycles. The molecular formula is C14H19N3O3S. The van der Waals surface area contributed by atoms with Crippen LogP contribution in [-0.2, 0) is 0 Å². The van der Waals surface area contributed by atoms with Crippen molar-refractivity contribution in [3.63, 3.8) is 0 Å². The third-order valence-corrected chi connectivity index (χ3v) is 4.10. The summed E-state index contributed by atoms with van der Waals surface area (Å²) in [5, 5.41) is 3.49. The molecule has 1 aromatic rings. The van der Waals surface area contributed by atoms with Crippen LogP contribution in [0.25, 0.3) is 0 Å². The van der Waals surface area contributed by atoms with E-state index in [-0.39, 0.29) is 0 Å². The number of benzene rings is 1. The minimum absolute atomic E-state index is 0.430. The highest BCUT2D eigenvalue weighted by atomic mass is 32.2. The maximum Gasteiger partial charge on any atom is 0.348 e. The summed E-state index contributed by atoms with van der Waals surface area (Å²) in [7, 11) is 3.09. The van der Waals surface area contributed by atoms with Crippen molar-refractivity contribution in [3.05, 3.63) is 18.2 Å². The van der Waals surface area contributed by atoms with E-state index in [2.05, 4.69) is 15.2 Å². The van der Waals surface area contributed by atoms with Crippen molar-refractivity contribution >= 4 is 28.6 Å². The Balaban J connectivity index is 2.18. The molecule has 1 saturated heterocycles. The monoisotopic (exact) mass is 309 g/mol. The van der Waals surface area contributed by atoms with Crippen LogP contribution >= 0.6 is 11.8 Å². The number of nitrogens with one attached hydrogen (secondary N) is 1. The average molecular weight is 309 g/mol. The molecule has 0 bridgehead atoms. The summed E-state index contributed by atoms with van der Waals surface area (Å²) in [6, 6.07) is 4.88. The first kappa shape index (κ1) is 15.5. The Bertz CT molecular complexity index is 526. The normalized spacial score (nSPS) is 16.1. The molecule has 0 atom stereocenters. The lowest BCUT2D eigenvalue weighted by molar-refractivity contribution is 0.259. The van der Waals surface area contributed by atoms with E-state index in [0.717, 1.165) is 24.0 Å². The van der Waals surface area contributed by atoms with E-state index in [1.54, 1.807) is 44.2 Å². The van der Waals surface area contributed by atoms with E-state index in [1.165, 1.54) is 0 Å². The maximum atomic E-state index is 12.1. The Morgan fingerprint density at radius 1 is 1.38 bits per heavy atom. The zero-order valence-electron chi connectivity index (χ0n) is 12.4. The van der Waals surface area contributed by atoms with E-state index in [1.807, 2.05) is 6.92 Å². The summed E-state index contributed by atoms with van der Waals surface area (Å²) in [6.45, 7) is 3.81. The van der Waals surface area contributed by atoms with E-state index < -0.39 is 6.03 Å². The fourth-order valence-electron chi connectivity index (χ4n) is 2.03. The average Bonchev–Trinajstić information content (AvgIpc) is 2.94. The van der Waals surface area contributed by atoms with E-state index in [9.17, 15) is 4.79 Å². The molecule has 1 aromatic carbocycles. The Hall–Kier alpha value is -1.89. The number of aliphatic imine (C=N–C) groups is 1. The van der Waals surface area contributed by atoms with E-state index >= 15 is 0 Å². The molecule has 1 heterocycles. The molecule has 0 spiro atoms. The van der Waals surface area contributed by atoms with E-state index in [0.29, 0.717) is 17.2 Å². The van der Waals surface area contributed by atoms with Gasteiger partial charge < -0.3 is 14.4 Å². The molecule has 0 radical (unpaired) electrons. The number of amidine groups is 1. The van der Waals surface area contributed by atoms with Crippen LogP contribution in [0.4, 0.5) is 10.5 Å². The second-order valence-corrected chi connectivity index (χ2v) is 5.35. The predicted molar refractivity (Wildman–Crippen MR) is 85.7 cm³/mol. The Morgan fingerprint density at radius 3 is 2.62 bits per heavy atom. The molecule has 0 unspecified atom stereocenters. The first-order chi connectivity index (χ1) is 10.2. The van der Waals surface area contributed by atoms with Gasteiger partial charge in [0.2, 0.25) is 0 Å². The van der Waals surface area contributed by atoms with Crippen LogP contribution in [0.1, 0.15) is 6.92 Å². The molecule has 7 heteroatoms. The van der Waals surface area contributed by atoms with Gasteiger partial charge in [-0.15, -0.1) is 0 Å². The quantitative estimate of drug-likeness (QED) is 0.926. The summed E-state index contributed by atoms with van der Waals surface area (Å²) in [5.74, 6) is 2.03. The second kappa shape index (κ2) is 7.21. The smallest absolute Gasteiger partial charge is 0.348 e. The number of amides is 2. The standard InChI is InChI=1S/C14H19N3O3S/c1-4-17-8-9-21-14(17)16-13(18)15-12-10(19-2)6-5-7-11(12)20-3/h5-7H,4,8-9H2,1-3H3,(H,15,18). The molecule has 114 valence electrons. The Labute approximate surface area is 128 Å². The fourth-order valence-corrected chi connectivity index (χ4v) is 3.07. The number of anilines is 1. The summed E-state index contributed by atoms with van der Waals surface area (Å²) in [4.78, 5) is 18.3. The second-order valence-electron chi connectivity index (χ2n) is 4.29. The molecule has 0 aromatic heterocycles. The van der Waals surface area contributed by atoms with Crippen LogP contribution in [0.15, 0.2) is 23.2 Å². The van der Waals surface area contributed by atoms with Gasteiger partial charge in [-0.05, 0) is 19.1 Å². The van der Waals surface area contributed by atoms with Crippen molar-refractivity contribution in [1.82, 2.24) is 4.90 Å². The van der Waals surface area contributed by atoms with Crippen molar-refractivity contribution < 1.29 is 14.3 Å². The van der Waals surface area contributed by atoms with Gasteiger partial charge in [0.05, 0.1) is 14.2 Å². The highest BCUT2D eigenvalue weighted by molar-refractivity contribution is 8.14. The summed E-state index contributed by atoms with van der Waals surface area (Å²) in [6.07, 6.45) is 0. The number of nitrogens with zero attached hydrogens (tertiary/aromatic N) is 2. The SMILES string of the molecule is CCN1CCSC1=NC(=O)Nc1c(OC)cccc1OC. The van der Waals surface area contributed by atoms with Crippen LogP contribution < -0.4 is 14.8 Å². The fraction of sp³-hybridized carbons (Fsp3) is 0.429. The van der Waals surface area contributed by atoms with Crippen LogP contribution in [0.2, 0.25) is 0 Å². The van der Waals surface area contributed by atoms with Gasteiger partial charge in [0.25, 0.3) is 0 Å². The molecule has 1 N–H and O–H groups in total. The van der Waals surface area contributed by atoms with Crippen molar-refractivity contribution in [1.29, 1.82) is 0 Å². The van der Waals surface area contributed by atoms with Gasteiger partial charge in [-0.1, -0.05) is 17.8 Å². The highest BCUT2D eigenvalue weighted by Gasteiger charge is 2.20. The van der Waals surface area contributed by atoms with Gasteiger partial charge in [-0.3, -0.25) is 5.32 Å². The number of urea groups is 1. The van der Waals surface area contributed by atoms with Crippen molar-refractivity contribution in [2.75, 3.05) is 38.4 Å². The van der Waals surface area contributed by atoms with E-state index in [4.69, 9.17) is 9.47 Å². The summed E-state index contributed by atoms with van der Waals surface area (Å²) < 4.78 is 10.5. The minimum atomic E-state index is -0.430. The molecule has 2 rings (SSSR count). The largest absolute Gasteiger partial charge is 0.494 e. The Morgan fingerprint density at radius 2 is 2.05 bits per heavy atom. The minimum Gasteiger partial charge on any atom is -0.494 e. The van der Waals surface area contributed by atoms with Crippen LogP contribution in [0, 0.1) is 0 Å². The van der Waals surface area contributed by atoms with Gasteiger partial charge >= 0.3 is 6.03 Å². The van der Waals surface area contributed by atoms with Gasteiger partial charge in [-0.25, -0.2) is 4.79 Å². The number of methoxy groups -OCH3 is 2. The molecular weight excluding hydrogens is 290 g/mol. The lowest BCUT2D eigenvalue weighted by atomic mass is 10.2. The van der Waals surface area contributed by atoms with Crippen molar-refractivity contribution in [2.45, 2.75) is 6.92 Å². The first-order valence-electron chi connectivity index (χ1n) is 6.68. The number of rotatable bonds is 4. The molecule has 6 nitrogen and oxygen atoms in total. The van der Waals surface area contributed by atoms with Crippen LogP contribution in [-0.4, -0.2) is 49.2 Å². The zero-order valence-corrected chi connectivity index (χ0v) is 13.2. The van der Waals surface area contributed by atoms with Gasteiger partial charge in [0.1, 0.15) is 17.2 Å². The number of ether oxygens (including phenoxy) is 2. The lowest BCUT2D eigenvalue weighted by Gasteiger charge is -2.15. The molecule has 0 aliphatic carbocycles. The molecule has 1 aliphatic rings. The highest BCUT2D eigenvalue weighted by Crippen LogP contribution is 2.34. The third kappa shape index (κ3) is 3.60. The number of thioether (sulfide) groups is 1. The molecule has 0 saturated carbocycles. The van der Waals surface area contributed by atoms with Crippen LogP contribution in [0.5, 0.6) is 11.5 Å². The van der Waals surface area contributed by atoms with Gasteiger partial charge in [-0.2, -0.15) is 4.99 Å². The van der Waals surface area contributed by atoms with Gasteiger partial charge in [0.15, 0.2) is 5.17 Å². The van der Waals surface area contributed by atoms with Gasteiger partial charge in [0, 0.05) is 18.8 Å². The number of para-hydroxylation sites is 1. The number of carbonyl (C=O) groups is 1. The summed E-state index contributed by atoms with van der Waals surface area (Å²) >= 11 is 1.59. The van der Waals surface area contributed by atoms with Crippen molar-refractivity contribution in [3.8, 4) is 11.5 Å². The predicted octanol–water partition coefficient (Wildman–Crippen LogP) is 2.66. The number of carbonyl (C=O) groups excluding carboxylic acids is 1. The maximum absolute atomic E-state index is 12.1. The number of hydrogen-bond donors (Lipinski definition) is 1. The molecule has 21 heavy (non-hydrogen) atoms. The molecule has 2 amide bonds. The Kier molecular flexibility index (Phi) is 5.32. The topological polar surface area (TPSA) is 63.2 Å². The summed E-state index contributed by atoms with van der Waals surface area (Å²) in [5.41, 5.74) is 0.489. The first-order valence-corrected chi connectivity index (χ1v) is 7.66. The van der Waals surface area contributed by atoms with Crippen LogP contribution in [0.3, 0.4) is 0 Å².